The van der Waals surface area contributed by atoms with Crippen molar-refractivity contribution in [2.24, 2.45) is 0 Å². The molecule has 1 rings (SSSR count). The van der Waals surface area contributed by atoms with E-state index < -0.39 is 0 Å². The number of esters is 1. The lowest BCUT2D eigenvalue weighted by atomic mass is 10.0. The Kier molecular flexibility index (Phi) is 4.35. The molecular formula is C13H18O3. The lowest BCUT2D eigenvalue weighted by molar-refractivity contribution is -0.138. The molecule has 0 aromatic heterocycles. The summed E-state index contributed by atoms with van der Waals surface area (Å²) in [6, 6.07) is 0. The van der Waals surface area contributed by atoms with Crippen molar-refractivity contribution in [3.63, 3.8) is 0 Å². The van der Waals surface area contributed by atoms with Crippen LogP contribution in [0.2, 0.25) is 0 Å². The van der Waals surface area contributed by atoms with Gasteiger partial charge in [-0.2, -0.15) is 0 Å². The van der Waals surface area contributed by atoms with E-state index in [9.17, 15) is 4.79 Å². The highest BCUT2D eigenvalue weighted by molar-refractivity contribution is 5.89. The molecule has 0 amide bonds. The van der Waals surface area contributed by atoms with Crippen molar-refractivity contribution in [2.45, 2.75) is 32.8 Å². The van der Waals surface area contributed by atoms with E-state index in [0.29, 0.717) is 30.8 Å². The minimum atomic E-state index is -0.283. The van der Waals surface area contributed by atoms with Gasteiger partial charge in [0.1, 0.15) is 11.9 Å². The van der Waals surface area contributed by atoms with E-state index in [2.05, 4.69) is 13.2 Å². The first-order valence-corrected chi connectivity index (χ1v) is 5.42. The normalized spacial score (nSPS) is 19.2. The van der Waals surface area contributed by atoms with Crippen LogP contribution < -0.4 is 0 Å². The van der Waals surface area contributed by atoms with Gasteiger partial charge in [0.15, 0.2) is 0 Å². The molecule has 0 fully saturated rings. The zero-order chi connectivity index (χ0) is 12.1. The minimum Gasteiger partial charge on any atom is -0.490 e. The van der Waals surface area contributed by atoms with Crippen LogP contribution >= 0.6 is 0 Å². The third-order valence-electron chi connectivity index (χ3n) is 2.52. The van der Waals surface area contributed by atoms with E-state index in [1.54, 1.807) is 19.9 Å². The van der Waals surface area contributed by atoms with Crippen LogP contribution in [0.5, 0.6) is 0 Å². The van der Waals surface area contributed by atoms with Crippen molar-refractivity contribution in [3.05, 3.63) is 36.1 Å². The molecule has 0 saturated carbocycles. The summed E-state index contributed by atoms with van der Waals surface area (Å²) in [5.74, 6) is 0.363. The van der Waals surface area contributed by atoms with Gasteiger partial charge in [0.2, 0.25) is 0 Å². The van der Waals surface area contributed by atoms with Crippen molar-refractivity contribution in [1.29, 1.82) is 0 Å². The van der Waals surface area contributed by atoms with Gasteiger partial charge >= 0.3 is 5.97 Å². The van der Waals surface area contributed by atoms with E-state index in [1.165, 1.54) is 0 Å². The summed E-state index contributed by atoms with van der Waals surface area (Å²) in [5, 5.41) is 0. The highest BCUT2D eigenvalue weighted by Gasteiger charge is 2.29. The van der Waals surface area contributed by atoms with Gasteiger partial charge in [-0.25, -0.2) is 4.79 Å². The monoisotopic (exact) mass is 222 g/mol. The first kappa shape index (κ1) is 12.6. The smallest absolute Gasteiger partial charge is 0.337 e. The Morgan fingerprint density at radius 1 is 1.69 bits per heavy atom. The van der Waals surface area contributed by atoms with Crippen molar-refractivity contribution in [2.75, 3.05) is 6.61 Å². The predicted molar refractivity (Wildman–Crippen MR) is 62.8 cm³/mol. The molecule has 1 heterocycles. The van der Waals surface area contributed by atoms with E-state index in [1.807, 2.05) is 0 Å². The highest BCUT2D eigenvalue weighted by Crippen LogP contribution is 2.30. The third-order valence-corrected chi connectivity index (χ3v) is 2.52. The number of carbonyl (C=O) groups is 1. The van der Waals surface area contributed by atoms with Crippen LogP contribution in [0, 0.1) is 0 Å². The largest absolute Gasteiger partial charge is 0.490 e. The molecule has 0 saturated heterocycles. The fourth-order valence-corrected chi connectivity index (χ4v) is 1.65. The fraction of sp³-hybridized carbons (Fsp3) is 0.462. The topological polar surface area (TPSA) is 35.5 Å². The average molecular weight is 222 g/mol. The minimum absolute atomic E-state index is 0.114. The van der Waals surface area contributed by atoms with Crippen molar-refractivity contribution in [1.82, 2.24) is 0 Å². The molecule has 16 heavy (non-hydrogen) atoms. The third kappa shape index (κ3) is 2.75. The summed E-state index contributed by atoms with van der Waals surface area (Å²) in [7, 11) is 0. The van der Waals surface area contributed by atoms with Crippen LogP contribution in [0.3, 0.4) is 0 Å². The van der Waals surface area contributed by atoms with E-state index in [0.717, 1.165) is 5.57 Å². The Balaban J connectivity index is 2.63. The second kappa shape index (κ2) is 5.54. The first-order valence-electron chi connectivity index (χ1n) is 5.42. The Morgan fingerprint density at radius 3 is 2.94 bits per heavy atom. The van der Waals surface area contributed by atoms with Gasteiger partial charge in [-0.3, -0.25) is 0 Å². The average Bonchev–Trinajstić information content (AvgIpc) is 2.61. The first-order chi connectivity index (χ1) is 7.60. The molecule has 3 nitrogen and oxygen atoms in total. The lowest BCUT2D eigenvalue weighted by Crippen LogP contribution is -2.11. The molecule has 0 aliphatic carbocycles. The Labute approximate surface area is 96.4 Å². The van der Waals surface area contributed by atoms with Crippen molar-refractivity contribution >= 4 is 5.97 Å². The maximum absolute atomic E-state index is 11.6. The van der Waals surface area contributed by atoms with E-state index >= 15 is 0 Å². The zero-order valence-corrected chi connectivity index (χ0v) is 9.91. The standard InChI is InChI=1S/C13H18O3/c1-5-7-9(3)12-8-11(10(4)16-12)13(14)15-6-2/h5,12H,1,3,6-8H2,2,4H3. The van der Waals surface area contributed by atoms with Gasteiger partial charge in [-0.1, -0.05) is 12.7 Å². The Hall–Kier alpha value is -1.51. The summed E-state index contributed by atoms with van der Waals surface area (Å²) in [4.78, 5) is 11.6. The van der Waals surface area contributed by atoms with Crippen molar-refractivity contribution in [3.8, 4) is 0 Å². The summed E-state index contributed by atoms with van der Waals surface area (Å²) in [5.41, 5.74) is 1.56. The SMILES string of the molecule is C=CCC(=C)C1CC(C(=O)OCC)=C(C)O1. The molecule has 1 unspecified atom stereocenters. The van der Waals surface area contributed by atoms with Gasteiger partial charge < -0.3 is 9.47 Å². The quantitative estimate of drug-likeness (QED) is 0.530. The van der Waals surface area contributed by atoms with Gasteiger partial charge in [0, 0.05) is 6.42 Å². The maximum Gasteiger partial charge on any atom is 0.337 e. The van der Waals surface area contributed by atoms with Gasteiger partial charge in [0.05, 0.1) is 12.2 Å². The van der Waals surface area contributed by atoms with Crippen LogP contribution in [0.1, 0.15) is 26.7 Å². The summed E-state index contributed by atoms with van der Waals surface area (Å²) in [6.45, 7) is 11.5. The van der Waals surface area contributed by atoms with Crippen LogP contribution in [0.25, 0.3) is 0 Å². The molecule has 0 aromatic carbocycles. The summed E-state index contributed by atoms with van der Waals surface area (Å²) in [6.07, 6.45) is 2.92. The predicted octanol–water partition coefficient (Wildman–Crippen LogP) is 2.74. The van der Waals surface area contributed by atoms with Crippen molar-refractivity contribution < 1.29 is 14.3 Å². The summed E-state index contributed by atoms with van der Waals surface area (Å²) < 4.78 is 10.5. The van der Waals surface area contributed by atoms with Gasteiger partial charge in [-0.15, -0.1) is 6.58 Å². The molecule has 0 radical (unpaired) electrons. The highest BCUT2D eigenvalue weighted by atomic mass is 16.5. The molecule has 0 spiro atoms. The molecule has 0 N–H and O–H groups in total. The molecule has 1 atom stereocenters. The second-order valence-electron chi connectivity index (χ2n) is 3.72. The number of allylic oxidation sites excluding steroid dienone is 2. The Morgan fingerprint density at radius 2 is 2.38 bits per heavy atom. The van der Waals surface area contributed by atoms with Crippen LogP contribution in [0.15, 0.2) is 36.1 Å². The van der Waals surface area contributed by atoms with Gasteiger partial charge in [-0.05, 0) is 25.8 Å². The number of hydrogen-bond donors (Lipinski definition) is 0. The molecule has 1 aliphatic rings. The van der Waals surface area contributed by atoms with Crippen LogP contribution in [0.4, 0.5) is 0 Å². The van der Waals surface area contributed by atoms with Crippen LogP contribution in [-0.4, -0.2) is 18.7 Å². The number of carbonyl (C=O) groups excluding carboxylic acids is 1. The second-order valence-corrected chi connectivity index (χ2v) is 3.72. The summed E-state index contributed by atoms with van der Waals surface area (Å²) >= 11 is 0. The Bertz CT molecular complexity index is 339. The number of rotatable bonds is 5. The van der Waals surface area contributed by atoms with E-state index in [-0.39, 0.29) is 12.1 Å². The lowest BCUT2D eigenvalue weighted by Gasteiger charge is -2.12. The molecule has 0 bridgehead atoms. The van der Waals surface area contributed by atoms with Gasteiger partial charge in [0.25, 0.3) is 0 Å². The fourth-order valence-electron chi connectivity index (χ4n) is 1.65. The number of hydrogen-bond acceptors (Lipinski definition) is 3. The molecular weight excluding hydrogens is 204 g/mol. The molecule has 3 heteroatoms. The maximum atomic E-state index is 11.6. The zero-order valence-electron chi connectivity index (χ0n) is 9.91. The number of ether oxygens (including phenoxy) is 2. The van der Waals surface area contributed by atoms with Crippen LogP contribution in [-0.2, 0) is 14.3 Å². The van der Waals surface area contributed by atoms with E-state index in [4.69, 9.17) is 9.47 Å². The molecule has 88 valence electrons. The molecule has 1 aliphatic heterocycles. The molecule has 0 aromatic rings.